The van der Waals surface area contributed by atoms with Crippen molar-refractivity contribution >= 4 is 5.97 Å². The first kappa shape index (κ1) is 11.5. The van der Waals surface area contributed by atoms with Gasteiger partial charge in [0.25, 0.3) is 5.56 Å². The molecule has 0 radical (unpaired) electrons. The Morgan fingerprint density at radius 2 is 2.28 bits per heavy atom. The summed E-state index contributed by atoms with van der Waals surface area (Å²) in [4.78, 5) is 24.0. The summed E-state index contributed by atoms with van der Waals surface area (Å²) in [7, 11) is 0. The number of carbonyl (C=O) groups is 1. The average molecular weight is 249 g/mol. The number of hydrogen-bond donors (Lipinski definition) is 1. The Labute approximate surface area is 104 Å². The molecular formula is C13H15NO4. The minimum absolute atomic E-state index is 0.0322. The summed E-state index contributed by atoms with van der Waals surface area (Å²) in [6.45, 7) is 2.39. The molecule has 0 saturated heterocycles. The van der Waals surface area contributed by atoms with E-state index in [1.165, 1.54) is 0 Å². The van der Waals surface area contributed by atoms with Crippen LogP contribution in [0.5, 0.6) is 0 Å². The Balaban J connectivity index is 2.29. The van der Waals surface area contributed by atoms with Gasteiger partial charge in [-0.3, -0.25) is 4.79 Å². The number of aliphatic hydroxyl groups is 1. The molecule has 18 heavy (non-hydrogen) atoms. The van der Waals surface area contributed by atoms with Gasteiger partial charge < -0.3 is 14.4 Å². The third-order valence-corrected chi connectivity index (χ3v) is 3.94. The van der Waals surface area contributed by atoms with Crippen molar-refractivity contribution in [1.29, 1.82) is 0 Å². The molecule has 2 aliphatic heterocycles. The van der Waals surface area contributed by atoms with Crippen LogP contribution in [-0.4, -0.2) is 15.6 Å². The number of aromatic nitrogens is 1. The quantitative estimate of drug-likeness (QED) is 0.734. The molecule has 0 fully saturated rings. The van der Waals surface area contributed by atoms with E-state index in [0.717, 1.165) is 18.5 Å². The van der Waals surface area contributed by atoms with Crippen molar-refractivity contribution in [3.05, 3.63) is 33.2 Å². The van der Waals surface area contributed by atoms with Gasteiger partial charge in [-0.2, -0.15) is 0 Å². The second-order valence-corrected chi connectivity index (χ2v) is 4.88. The molecule has 5 heteroatoms. The fourth-order valence-electron chi connectivity index (χ4n) is 2.82. The highest BCUT2D eigenvalue weighted by molar-refractivity contribution is 5.83. The number of ether oxygens (including phenoxy) is 1. The molecule has 0 aromatic carbocycles. The van der Waals surface area contributed by atoms with Crippen molar-refractivity contribution in [2.24, 2.45) is 0 Å². The van der Waals surface area contributed by atoms with Crippen LogP contribution in [0.3, 0.4) is 0 Å². The highest BCUT2D eigenvalue weighted by atomic mass is 16.6. The maximum absolute atomic E-state index is 12.3. The standard InChI is InChI=1S/C13H15NO4/c1-2-13(17)10-6-8-4-3-5-14(8)11(15)9(10)7-18-12(13)16/h6,17H,2-5,7H2,1H3/t13-/m0/s1. The van der Waals surface area contributed by atoms with Gasteiger partial charge in [-0.25, -0.2) is 4.79 Å². The number of nitrogens with zero attached hydrogens (tertiary/aromatic N) is 1. The number of cyclic esters (lactones) is 1. The van der Waals surface area contributed by atoms with E-state index in [-0.39, 0.29) is 18.6 Å². The van der Waals surface area contributed by atoms with Gasteiger partial charge in [0.05, 0.1) is 5.56 Å². The van der Waals surface area contributed by atoms with Gasteiger partial charge in [0.2, 0.25) is 0 Å². The van der Waals surface area contributed by atoms with Crippen LogP contribution < -0.4 is 5.56 Å². The fourth-order valence-corrected chi connectivity index (χ4v) is 2.82. The Hall–Kier alpha value is -1.62. The molecule has 0 unspecified atom stereocenters. The van der Waals surface area contributed by atoms with Crippen LogP contribution in [0.15, 0.2) is 10.9 Å². The molecule has 1 atom stereocenters. The van der Waals surface area contributed by atoms with Crippen LogP contribution >= 0.6 is 0 Å². The summed E-state index contributed by atoms with van der Waals surface area (Å²) in [5, 5.41) is 10.4. The lowest BCUT2D eigenvalue weighted by molar-refractivity contribution is -0.172. The van der Waals surface area contributed by atoms with Crippen LogP contribution in [0.1, 0.15) is 36.6 Å². The summed E-state index contributed by atoms with van der Waals surface area (Å²) in [5.74, 6) is -0.653. The van der Waals surface area contributed by atoms with Crippen LogP contribution in [0.2, 0.25) is 0 Å². The molecule has 3 heterocycles. The van der Waals surface area contributed by atoms with Gasteiger partial charge in [0, 0.05) is 17.8 Å². The SMILES string of the molecule is CC[C@@]1(O)C(=O)OCc2c1cc1n(c2=O)CCC1. The highest BCUT2D eigenvalue weighted by Crippen LogP contribution is 2.34. The zero-order valence-electron chi connectivity index (χ0n) is 10.2. The Bertz CT molecular complexity index is 589. The van der Waals surface area contributed by atoms with Gasteiger partial charge in [-0.05, 0) is 25.3 Å². The third kappa shape index (κ3) is 1.31. The van der Waals surface area contributed by atoms with Crippen LogP contribution in [-0.2, 0) is 34.7 Å². The smallest absolute Gasteiger partial charge is 0.343 e. The predicted molar refractivity (Wildman–Crippen MR) is 63.0 cm³/mol. The number of pyridine rings is 1. The Morgan fingerprint density at radius 3 is 3.00 bits per heavy atom. The van der Waals surface area contributed by atoms with E-state index in [4.69, 9.17) is 4.74 Å². The van der Waals surface area contributed by atoms with E-state index in [2.05, 4.69) is 0 Å². The van der Waals surface area contributed by atoms with Crippen molar-refractivity contribution in [3.63, 3.8) is 0 Å². The highest BCUT2D eigenvalue weighted by Gasteiger charge is 2.44. The number of hydrogen-bond acceptors (Lipinski definition) is 4. The number of esters is 1. The molecule has 96 valence electrons. The minimum Gasteiger partial charge on any atom is -0.458 e. The van der Waals surface area contributed by atoms with E-state index in [9.17, 15) is 14.7 Å². The predicted octanol–water partition coefficient (Wildman–Crippen LogP) is 0.449. The fraction of sp³-hybridized carbons (Fsp3) is 0.538. The molecular weight excluding hydrogens is 234 g/mol. The van der Waals surface area contributed by atoms with Gasteiger partial charge in [0.1, 0.15) is 6.61 Å². The number of carbonyl (C=O) groups excluding carboxylic acids is 1. The molecule has 5 nitrogen and oxygen atoms in total. The van der Waals surface area contributed by atoms with Crippen molar-refractivity contribution in [1.82, 2.24) is 4.57 Å². The molecule has 0 amide bonds. The second kappa shape index (κ2) is 3.68. The molecule has 0 aliphatic carbocycles. The summed E-state index contributed by atoms with van der Waals surface area (Å²) in [6.07, 6.45) is 1.95. The zero-order valence-corrected chi connectivity index (χ0v) is 10.2. The van der Waals surface area contributed by atoms with E-state index >= 15 is 0 Å². The maximum Gasteiger partial charge on any atom is 0.343 e. The molecule has 1 N–H and O–H groups in total. The average Bonchev–Trinajstić information content (AvgIpc) is 2.83. The molecule has 2 aliphatic rings. The van der Waals surface area contributed by atoms with E-state index in [1.807, 2.05) is 0 Å². The lowest BCUT2D eigenvalue weighted by Crippen LogP contribution is -2.44. The first-order valence-corrected chi connectivity index (χ1v) is 6.23. The van der Waals surface area contributed by atoms with Crippen molar-refractivity contribution in [2.75, 3.05) is 0 Å². The minimum atomic E-state index is -1.66. The Morgan fingerprint density at radius 1 is 1.50 bits per heavy atom. The van der Waals surface area contributed by atoms with Crippen LogP contribution in [0.4, 0.5) is 0 Å². The summed E-state index contributed by atoms with van der Waals surface area (Å²) in [6, 6.07) is 1.80. The molecule has 1 aromatic rings. The maximum atomic E-state index is 12.3. The van der Waals surface area contributed by atoms with Crippen LogP contribution in [0, 0.1) is 0 Å². The lowest BCUT2D eigenvalue weighted by Gasteiger charge is -2.31. The topological polar surface area (TPSA) is 68.5 Å². The Kier molecular flexibility index (Phi) is 2.35. The molecule has 3 rings (SSSR count). The van der Waals surface area contributed by atoms with Crippen molar-refractivity contribution < 1.29 is 14.6 Å². The monoisotopic (exact) mass is 249 g/mol. The largest absolute Gasteiger partial charge is 0.458 e. The summed E-state index contributed by atoms with van der Waals surface area (Å²) in [5.41, 5.74) is -0.0195. The van der Waals surface area contributed by atoms with Gasteiger partial charge in [-0.1, -0.05) is 6.92 Å². The zero-order chi connectivity index (χ0) is 12.9. The van der Waals surface area contributed by atoms with Crippen LogP contribution in [0.25, 0.3) is 0 Å². The number of fused-ring (bicyclic) bond motifs is 2. The second-order valence-electron chi connectivity index (χ2n) is 4.88. The summed E-state index contributed by atoms with van der Waals surface area (Å²) < 4.78 is 6.67. The van der Waals surface area contributed by atoms with E-state index in [1.54, 1.807) is 17.6 Å². The van der Waals surface area contributed by atoms with Gasteiger partial charge in [-0.15, -0.1) is 0 Å². The molecule has 0 saturated carbocycles. The van der Waals surface area contributed by atoms with Crippen molar-refractivity contribution in [3.8, 4) is 0 Å². The molecule has 1 aromatic heterocycles. The molecule has 0 spiro atoms. The third-order valence-electron chi connectivity index (χ3n) is 3.94. The van der Waals surface area contributed by atoms with E-state index in [0.29, 0.717) is 17.7 Å². The number of rotatable bonds is 1. The van der Waals surface area contributed by atoms with Gasteiger partial charge >= 0.3 is 5.97 Å². The normalized spacial score (nSPS) is 25.6. The van der Waals surface area contributed by atoms with Crippen molar-refractivity contribution in [2.45, 2.75) is 44.9 Å². The molecule has 0 bridgehead atoms. The first-order chi connectivity index (χ1) is 8.58. The van der Waals surface area contributed by atoms with E-state index < -0.39 is 11.6 Å². The van der Waals surface area contributed by atoms with Gasteiger partial charge in [0.15, 0.2) is 5.60 Å². The first-order valence-electron chi connectivity index (χ1n) is 6.23. The number of aryl methyl sites for hydroxylation is 1. The summed E-state index contributed by atoms with van der Waals surface area (Å²) >= 11 is 0. The lowest BCUT2D eigenvalue weighted by atomic mass is 9.86.